The van der Waals surface area contributed by atoms with Gasteiger partial charge in [0.15, 0.2) is 11.9 Å². The number of hydrogen-bond donors (Lipinski definition) is 0. The minimum absolute atomic E-state index is 0.207. The number of ether oxygens (including phenoxy) is 1. The third kappa shape index (κ3) is 1.68. The fraction of sp³-hybridized carbons (Fsp3) is 0.700. The number of rotatable bonds is 3. The molecule has 0 aromatic heterocycles. The van der Waals surface area contributed by atoms with Crippen LogP contribution < -0.4 is 0 Å². The Morgan fingerprint density at radius 1 is 1.58 bits per heavy atom. The lowest BCUT2D eigenvalue weighted by Gasteiger charge is -2.19. The fourth-order valence-corrected chi connectivity index (χ4v) is 1.48. The van der Waals surface area contributed by atoms with Crippen molar-refractivity contribution in [1.82, 2.24) is 0 Å². The normalized spacial score (nSPS) is 27.7. The van der Waals surface area contributed by atoms with Crippen LogP contribution in [-0.4, -0.2) is 11.9 Å². The van der Waals surface area contributed by atoms with Crippen molar-refractivity contribution in [2.75, 3.05) is 0 Å². The molecule has 0 aliphatic carbocycles. The van der Waals surface area contributed by atoms with Crippen LogP contribution in [0.25, 0.3) is 0 Å². The van der Waals surface area contributed by atoms with E-state index in [0.717, 1.165) is 0 Å². The van der Waals surface area contributed by atoms with Crippen LogP contribution in [0.5, 0.6) is 0 Å². The Hall–Kier alpha value is -0.790. The number of hydrogen-bond acceptors (Lipinski definition) is 2. The first-order valence-corrected chi connectivity index (χ1v) is 4.51. The van der Waals surface area contributed by atoms with Gasteiger partial charge in [-0.05, 0) is 12.0 Å². The molecule has 2 nitrogen and oxygen atoms in total. The van der Waals surface area contributed by atoms with Gasteiger partial charge in [0.05, 0.1) is 6.26 Å². The third-order valence-electron chi connectivity index (χ3n) is 2.31. The first kappa shape index (κ1) is 9.30. The van der Waals surface area contributed by atoms with Gasteiger partial charge in [-0.25, -0.2) is 0 Å². The summed E-state index contributed by atoms with van der Waals surface area (Å²) in [6.07, 6.45) is 4.00. The fourth-order valence-electron chi connectivity index (χ4n) is 1.48. The molecule has 1 rings (SSSR count). The summed E-state index contributed by atoms with van der Waals surface area (Å²) in [4.78, 5) is 11.4. The summed E-state index contributed by atoms with van der Waals surface area (Å²) in [5.74, 6) is 0.959. The number of carbonyl (C=O) groups is 1. The van der Waals surface area contributed by atoms with Gasteiger partial charge in [-0.15, -0.1) is 0 Å². The highest BCUT2D eigenvalue weighted by Crippen LogP contribution is 2.26. The summed E-state index contributed by atoms with van der Waals surface area (Å²) in [6.45, 7) is 6.10. The average Bonchev–Trinajstić information content (AvgIpc) is 2.50. The van der Waals surface area contributed by atoms with Gasteiger partial charge in [0.1, 0.15) is 0 Å². The molecule has 0 radical (unpaired) electrons. The zero-order valence-electron chi connectivity index (χ0n) is 7.91. The minimum Gasteiger partial charge on any atom is -0.490 e. The summed E-state index contributed by atoms with van der Waals surface area (Å²) in [7, 11) is 0. The van der Waals surface area contributed by atoms with E-state index in [4.69, 9.17) is 4.74 Å². The molecule has 0 saturated heterocycles. The van der Waals surface area contributed by atoms with Crippen molar-refractivity contribution >= 4 is 5.78 Å². The Labute approximate surface area is 73.6 Å². The molecule has 0 unspecified atom stereocenters. The average molecular weight is 168 g/mol. The Balaban J connectivity index is 2.62. The van der Waals surface area contributed by atoms with E-state index < -0.39 is 0 Å². The molecule has 0 N–H and O–H groups in total. The van der Waals surface area contributed by atoms with Gasteiger partial charge in [-0.2, -0.15) is 0 Å². The molecule has 0 spiro atoms. The molecule has 0 aromatic carbocycles. The lowest BCUT2D eigenvalue weighted by molar-refractivity contribution is -0.128. The first-order valence-electron chi connectivity index (χ1n) is 4.51. The van der Waals surface area contributed by atoms with Gasteiger partial charge in [-0.3, -0.25) is 4.79 Å². The molecular formula is C10H16O2. The van der Waals surface area contributed by atoms with Crippen molar-refractivity contribution in [1.29, 1.82) is 0 Å². The van der Waals surface area contributed by atoms with Crippen molar-refractivity contribution in [2.45, 2.75) is 33.3 Å². The molecule has 1 heterocycles. The third-order valence-corrected chi connectivity index (χ3v) is 2.31. The van der Waals surface area contributed by atoms with E-state index in [0.29, 0.717) is 12.3 Å². The van der Waals surface area contributed by atoms with Crippen LogP contribution in [-0.2, 0) is 9.53 Å². The molecule has 12 heavy (non-hydrogen) atoms. The van der Waals surface area contributed by atoms with E-state index in [2.05, 4.69) is 13.8 Å². The Bertz CT molecular complexity index is 194. The molecule has 1 aliphatic rings. The summed E-state index contributed by atoms with van der Waals surface area (Å²) < 4.78 is 5.25. The van der Waals surface area contributed by atoms with Crippen molar-refractivity contribution < 1.29 is 9.53 Å². The maximum Gasteiger partial charge on any atom is 0.173 e. The molecule has 0 bridgehead atoms. The second kappa shape index (κ2) is 3.74. The minimum atomic E-state index is -0.213. The van der Waals surface area contributed by atoms with E-state index in [-0.39, 0.29) is 17.8 Å². The number of carbonyl (C=O) groups excluding carboxylic acids is 1. The zero-order valence-corrected chi connectivity index (χ0v) is 7.91. The van der Waals surface area contributed by atoms with Gasteiger partial charge < -0.3 is 4.74 Å². The van der Waals surface area contributed by atoms with Crippen molar-refractivity contribution in [2.24, 2.45) is 11.8 Å². The molecule has 2 heteroatoms. The van der Waals surface area contributed by atoms with Gasteiger partial charge >= 0.3 is 0 Å². The molecular weight excluding hydrogens is 152 g/mol. The van der Waals surface area contributed by atoms with Crippen LogP contribution in [0.15, 0.2) is 12.3 Å². The van der Waals surface area contributed by atoms with Crippen LogP contribution in [0, 0.1) is 11.8 Å². The molecule has 68 valence electrons. The Morgan fingerprint density at radius 3 is 2.75 bits per heavy atom. The summed E-state index contributed by atoms with van der Waals surface area (Å²) >= 11 is 0. The summed E-state index contributed by atoms with van der Waals surface area (Å²) in [5, 5.41) is 0. The van der Waals surface area contributed by atoms with Crippen LogP contribution in [0.1, 0.15) is 27.2 Å². The van der Waals surface area contributed by atoms with E-state index in [9.17, 15) is 4.79 Å². The topological polar surface area (TPSA) is 26.3 Å². The van der Waals surface area contributed by atoms with Crippen LogP contribution in [0.3, 0.4) is 0 Å². The standard InChI is InChI=1S/C10H16O2/c1-4-9(11)10-8(7(2)3)5-6-12-10/h5-8,10H,4H2,1-3H3/t8-,10+/m0/s1. The highest BCUT2D eigenvalue weighted by molar-refractivity contribution is 5.83. The zero-order chi connectivity index (χ0) is 9.14. The highest BCUT2D eigenvalue weighted by Gasteiger charge is 2.31. The van der Waals surface area contributed by atoms with Crippen LogP contribution >= 0.6 is 0 Å². The van der Waals surface area contributed by atoms with E-state index in [1.54, 1.807) is 6.26 Å². The van der Waals surface area contributed by atoms with Gasteiger partial charge in [0.25, 0.3) is 0 Å². The molecule has 0 fully saturated rings. The molecule has 0 aromatic rings. The number of Topliss-reactive ketones (excluding diaryl/α,β-unsaturated/α-hetero) is 1. The predicted octanol–water partition coefficient (Wildman–Crippen LogP) is 2.15. The molecule has 1 aliphatic heterocycles. The lowest BCUT2D eigenvalue weighted by Crippen LogP contribution is -2.29. The Morgan fingerprint density at radius 2 is 2.25 bits per heavy atom. The van der Waals surface area contributed by atoms with E-state index in [1.807, 2.05) is 13.0 Å². The highest BCUT2D eigenvalue weighted by atomic mass is 16.5. The quantitative estimate of drug-likeness (QED) is 0.645. The van der Waals surface area contributed by atoms with Gasteiger partial charge in [0.2, 0.25) is 0 Å². The second-order valence-electron chi connectivity index (χ2n) is 3.53. The van der Waals surface area contributed by atoms with Crippen molar-refractivity contribution in [3.63, 3.8) is 0 Å². The van der Waals surface area contributed by atoms with Gasteiger partial charge in [-0.1, -0.05) is 20.8 Å². The molecule has 0 saturated carbocycles. The lowest BCUT2D eigenvalue weighted by atomic mass is 9.89. The molecule has 2 atom stereocenters. The first-order chi connectivity index (χ1) is 5.66. The molecule has 0 amide bonds. The SMILES string of the molecule is CCC(=O)[C@@H]1OC=C[C@H]1C(C)C. The smallest absolute Gasteiger partial charge is 0.173 e. The predicted molar refractivity (Wildman–Crippen MR) is 47.6 cm³/mol. The van der Waals surface area contributed by atoms with Crippen molar-refractivity contribution in [3.05, 3.63) is 12.3 Å². The van der Waals surface area contributed by atoms with Crippen LogP contribution in [0.4, 0.5) is 0 Å². The maximum absolute atomic E-state index is 11.4. The monoisotopic (exact) mass is 168 g/mol. The van der Waals surface area contributed by atoms with E-state index in [1.165, 1.54) is 0 Å². The van der Waals surface area contributed by atoms with E-state index >= 15 is 0 Å². The second-order valence-corrected chi connectivity index (χ2v) is 3.53. The summed E-state index contributed by atoms with van der Waals surface area (Å²) in [5.41, 5.74) is 0. The van der Waals surface area contributed by atoms with Crippen molar-refractivity contribution in [3.8, 4) is 0 Å². The maximum atomic E-state index is 11.4. The van der Waals surface area contributed by atoms with Crippen LogP contribution in [0.2, 0.25) is 0 Å². The largest absolute Gasteiger partial charge is 0.490 e. The Kier molecular flexibility index (Phi) is 2.90. The summed E-state index contributed by atoms with van der Waals surface area (Å²) in [6, 6.07) is 0. The van der Waals surface area contributed by atoms with Gasteiger partial charge in [0, 0.05) is 12.3 Å². The number of ketones is 1.